The van der Waals surface area contributed by atoms with Crippen molar-refractivity contribution < 1.29 is 15.9 Å². The molecule has 1 aliphatic rings. The maximum atomic E-state index is 10.9. The second-order valence-electron chi connectivity index (χ2n) is 2.71. The molecule has 1 amide bonds. The number of hydrogen-bond donors (Lipinski definition) is 3. The van der Waals surface area contributed by atoms with Crippen molar-refractivity contribution in [2.24, 2.45) is 0 Å². The zero-order valence-corrected chi connectivity index (χ0v) is 7.29. The zero-order valence-electron chi connectivity index (χ0n) is 7.29. The molecule has 70 valence electrons. The van der Waals surface area contributed by atoms with Crippen molar-refractivity contribution in [1.82, 2.24) is 0 Å². The van der Waals surface area contributed by atoms with E-state index in [-0.39, 0.29) is 5.91 Å². The highest BCUT2D eigenvalue weighted by Gasteiger charge is 2.12. The third-order valence-electron chi connectivity index (χ3n) is 1.91. The maximum Gasteiger partial charge on any atom is 0.224 e. The maximum absolute atomic E-state index is 10.9. The lowest BCUT2D eigenvalue weighted by molar-refractivity contribution is -0.670. The summed E-state index contributed by atoms with van der Waals surface area (Å²) in [7, 11) is 0. The Labute approximate surface area is 76.3 Å². The Balaban J connectivity index is 0.000000396. The highest BCUT2D eigenvalue weighted by atomic mass is 16.4. The molecule has 5 N–H and O–H groups in total. The first-order chi connectivity index (χ1) is 6.36. The molecule has 0 atom stereocenters. The molecular weight excluding hydrogens is 168 g/mol. The van der Waals surface area contributed by atoms with Gasteiger partial charge in [-0.2, -0.15) is 0 Å². The van der Waals surface area contributed by atoms with Crippen LogP contribution in [0.25, 0.3) is 0 Å². The van der Waals surface area contributed by atoms with Crippen LogP contribution < -0.4 is 11.2 Å². The first kappa shape index (κ1) is 9.70. The number of carbonyl (C=O) groups excluding carboxylic acids is 1. The van der Waals surface area contributed by atoms with Crippen LogP contribution in [0, 0.1) is 0 Å². The fourth-order valence-corrected chi connectivity index (χ4v) is 1.32. The van der Waals surface area contributed by atoms with Crippen molar-refractivity contribution >= 4 is 11.6 Å². The van der Waals surface area contributed by atoms with E-state index in [0.29, 0.717) is 6.42 Å². The predicted octanol–water partition coefficient (Wildman–Crippen LogP) is 0.189. The lowest BCUT2D eigenvalue weighted by Crippen LogP contribution is -2.42. The number of nitrogens with one attached hydrogen (secondary N) is 1. The van der Waals surface area contributed by atoms with E-state index in [0.717, 1.165) is 12.1 Å². The number of para-hydroxylation sites is 1. The largest absolute Gasteiger partial charge is 0.326 e. The summed E-state index contributed by atoms with van der Waals surface area (Å²) in [5.74, 6) is 2.38. The number of amides is 1. The smallest absolute Gasteiger partial charge is 0.224 e. The first-order valence-electron chi connectivity index (χ1n) is 4.05. The summed E-state index contributed by atoms with van der Waals surface area (Å²) in [4.78, 5) is 10.9. The molecule has 0 aliphatic carbocycles. The molecule has 0 aromatic heterocycles. The molecule has 4 heteroatoms. The Kier molecular flexibility index (Phi) is 3.42. The van der Waals surface area contributed by atoms with E-state index < -0.39 is 0 Å². The number of fused-ring (bicyclic) bond motifs is 1. The van der Waals surface area contributed by atoms with E-state index >= 15 is 0 Å². The Morgan fingerprint density at radius 3 is 2.69 bits per heavy atom. The first-order valence-corrected chi connectivity index (χ1v) is 4.05. The SMILES string of the molecule is O=C1CCc2ccccc2N1.[NH3+]O. The summed E-state index contributed by atoms with van der Waals surface area (Å²) in [5.41, 5.74) is 2.22. The minimum Gasteiger partial charge on any atom is -0.326 e. The molecule has 0 saturated carbocycles. The molecule has 13 heavy (non-hydrogen) atoms. The Morgan fingerprint density at radius 2 is 1.92 bits per heavy atom. The molecule has 0 saturated heterocycles. The van der Waals surface area contributed by atoms with Crippen LogP contribution in [0.4, 0.5) is 5.69 Å². The number of benzene rings is 1. The van der Waals surface area contributed by atoms with Crippen molar-refractivity contribution in [2.75, 3.05) is 5.32 Å². The van der Waals surface area contributed by atoms with Crippen molar-refractivity contribution in [3.05, 3.63) is 29.8 Å². The average Bonchev–Trinajstić information content (AvgIpc) is 2.21. The lowest BCUT2D eigenvalue weighted by Gasteiger charge is -2.15. The summed E-state index contributed by atoms with van der Waals surface area (Å²) in [6, 6.07) is 7.92. The third kappa shape index (κ3) is 2.27. The van der Waals surface area contributed by atoms with Crippen LogP contribution in [0.1, 0.15) is 12.0 Å². The van der Waals surface area contributed by atoms with Gasteiger partial charge in [0, 0.05) is 12.1 Å². The summed E-state index contributed by atoms with van der Waals surface area (Å²) in [5, 5.41) is 9.57. The predicted molar refractivity (Wildman–Crippen MR) is 48.1 cm³/mol. The van der Waals surface area contributed by atoms with Gasteiger partial charge < -0.3 is 5.32 Å². The van der Waals surface area contributed by atoms with Crippen LogP contribution in [0.3, 0.4) is 0 Å². The third-order valence-corrected chi connectivity index (χ3v) is 1.91. The molecule has 0 spiro atoms. The second-order valence-corrected chi connectivity index (χ2v) is 2.71. The fraction of sp³-hybridized carbons (Fsp3) is 0.222. The second kappa shape index (κ2) is 4.59. The summed E-state index contributed by atoms with van der Waals surface area (Å²) in [6.45, 7) is 0. The van der Waals surface area contributed by atoms with Crippen molar-refractivity contribution in [2.45, 2.75) is 12.8 Å². The van der Waals surface area contributed by atoms with Gasteiger partial charge in [-0.3, -0.25) is 4.79 Å². The van der Waals surface area contributed by atoms with Crippen LogP contribution in [0.2, 0.25) is 0 Å². The van der Waals surface area contributed by atoms with Crippen molar-refractivity contribution in [1.29, 1.82) is 0 Å². The van der Waals surface area contributed by atoms with Gasteiger partial charge in [0.25, 0.3) is 0 Å². The van der Waals surface area contributed by atoms with Gasteiger partial charge in [-0.1, -0.05) is 18.2 Å². The number of rotatable bonds is 0. The van der Waals surface area contributed by atoms with Crippen molar-refractivity contribution in [3.63, 3.8) is 0 Å². The molecule has 0 fully saturated rings. The van der Waals surface area contributed by atoms with Gasteiger partial charge in [0.15, 0.2) is 0 Å². The normalized spacial score (nSPS) is 13.5. The fourth-order valence-electron chi connectivity index (χ4n) is 1.32. The van der Waals surface area contributed by atoms with Crippen LogP contribution >= 0.6 is 0 Å². The van der Waals surface area contributed by atoms with Gasteiger partial charge in [0.2, 0.25) is 5.91 Å². The van der Waals surface area contributed by atoms with Crippen molar-refractivity contribution in [3.8, 4) is 0 Å². The molecule has 1 aromatic carbocycles. The minimum atomic E-state index is 0.128. The van der Waals surface area contributed by atoms with Gasteiger partial charge in [-0.25, -0.2) is 11.1 Å². The van der Waals surface area contributed by atoms with Crippen LogP contribution in [0.15, 0.2) is 24.3 Å². The molecule has 4 nitrogen and oxygen atoms in total. The van der Waals surface area contributed by atoms with Crippen LogP contribution in [-0.4, -0.2) is 11.1 Å². The van der Waals surface area contributed by atoms with E-state index in [4.69, 9.17) is 5.21 Å². The highest BCUT2D eigenvalue weighted by molar-refractivity contribution is 5.93. The van der Waals surface area contributed by atoms with Gasteiger partial charge in [0.1, 0.15) is 0 Å². The quantitative estimate of drug-likeness (QED) is 0.499. The minimum absolute atomic E-state index is 0.128. The number of carbonyl (C=O) groups is 1. The molecule has 1 aliphatic heterocycles. The van der Waals surface area contributed by atoms with Crippen LogP contribution in [0.5, 0.6) is 0 Å². The summed E-state index contributed by atoms with van der Waals surface area (Å²) < 4.78 is 0. The average molecular weight is 181 g/mol. The Bertz CT molecular complexity index is 299. The molecule has 0 bridgehead atoms. The number of quaternary nitrogens is 1. The molecule has 1 aromatic rings. The molecule has 0 unspecified atom stereocenters. The highest BCUT2D eigenvalue weighted by Crippen LogP contribution is 2.20. The van der Waals surface area contributed by atoms with Crippen LogP contribution in [-0.2, 0) is 11.2 Å². The van der Waals surface area contributed by atoms with Gasteiger partial charge in [-0.15, -0.1) is 0 Å². The van der Waals surface area contributed by atoms with E-state index in [2.05, 4.69) is 17.3 Å². The van der Waals surface area contributed by atoms with Gasteiger partial charge >= 0.3 is 0 Å². The van der Waals surface area contributed by atoms with E-state index in [1.54, 1.807) is 0 Å². The van der Waals surface area contributed by atoms with Gasteiger partial charge in [-0.05, 0) is 18.1 Å². The summed E-state index contributed by atoms with van der Waals surface area (Å²) in [6.07, 6.45) is 1.50. The standard InChI is InChI=1S/C9H9NO.H4NO/c11-9-6-5-7-3-1-2-4-8(7)10-9;1-2/h1-4H,5-6H2,(H,10,11);2H,1H3/q;+1. The van der Waals surface area contributed by atoms with E-state index in [1.807, 2.05) is 18.2 Å². The number of hydrogen-bond acceptors (Lipinski definition) is 2. The zero-order chi connectivity index (χ0) is 9.68. The molecule has 1 heterocycles. The Morgan fingerprint density at radius 1 is 1.23 bits per heavy atom. The number of anilines is 1. The molecular formula is C9H13N2O2+. The summed E-state index contributed by atoms with van der Waals surface area (Å²) >= 11 is 0. The lowest BCUT2D eigenvalue weighted by atomic mass is 10.0. The van der Waals surface area contributed by atoms with E-state index in [9.17, 15) is 4.79 Å². The Hall–Kier alpha value is -1.39. The molecule has 2 rings (SSSR count). The topological polar surface area (TPSA) is 77.0 Å². The molecule has 0 radical (unpaired) electrons. The number of aryl methyl sites for hydroxylation is 1. The monoisotopic (exact) mass is 181 g/mol. The van der Waals surface area contributed by atoms with Gasteiger partial charge in [0.05, 0.1) is 0 Å². The van der Waals surface area contributed by atoms with E-state index in [1.165, 1.54) is 5.56 Å².